The van der Waals surface area contributed by atoms with Gasteiger partial charge in [-0.05, 0) is 30.0 Å². The lowest BCUT2D eigenvalue weighted by atomic mass is 9.88. The van der Waals surface area contributed by atoms with E-state index in [0.717, 1.165) is 6.42 Å². The first-order chi connectivity index (χ1) is 6.36. The molecule has 0 saturated carbocycles. The third-order valence-electron chi connectivity index (χ3n) is 2.33. The molecule has 1 aromatic rings. The summed E-state index contributed by atoms with van der Waals surface area (Å²) in [6.07, 6.45) is 8.80. The summed E-state index contributed by atoms with van der Waals surface area (Å²) in [5.41, 5.74) is 1.17. The Balaban J connectivity index is 2.19. The minimum Gasteiger partial charge on any atom is -0.295 e. The van der Waals surface area contributed by atoms with Gasteiger partial charge in [-0.25, -0.2) is 0 Å². The van der Waals surface area contributed by atoms with Crippen LogP contribution in [-0.2, 0) is 4.79 Å². The summed E-state index contributed by atoms with van der Waals surface area (Å²) in [6, 6.07) is 3.95. The number of carbonyl (C=O) groups excluding carboxylic acids is 1. The Morgan fingerprint density at radius 2 is 2.38 bits per heavy atom. The van der Waals surface area contributed by atoms with Gasteiger partial charge in [0.25, 0.3) is 0 Å². The van der Waals surface area contributed by atoms with Crippen molar-refractivity contribution in [2.75, 3.05) is 0 Å². The van der Waals surface area contributed by atoms with Crippen LogP contribution >= 0.6 is 0 Å². The number of carbonyl (C=O) groups is 1. The molecule has 1 aromatic heterocycles. The van der Waals surface area contributed by atoms with Crippen LogP contribution in [0.5, 0.6) is 0 Å². The Hall–Kier alpha value is -1.44. The minimum atomic E-state index is 0.222. The van der Waals surface area contributed by atoms with Crippen LogP contribution in [0.1, 0.15) is 24.3 Å². The van der Waals surface area contributed by atoms with Gasteiger partial charge in [-0.15, -0.1) is 0 Å². The van der Waals surface area contributed by atoms with Crippen molar-refractivity contribution in [3.05, 3.63) is 42.2 Å². The maximum atomic E-state index is 11.1. The number of pyridine rings is 1. The molecule has 66 valence electrons. The van der Waals surface area contributed by atoms with Crippen molar-refractivity contribution in [1.82, 2.24) is 4.98 Å². The van der Waals surface area contributed by atoms with Gasteiger partial charge in [0.2, 0.25) is 0 Å². The van der Waals surface area contributed by atoms with E-state index in [1.807, 2.05) is 24.4 Å². The third-order valence-corrected chi connectivity index (χ3v) is 2.33. The van der Waals surface area contributed by atoms with E-state index in [4.69, 9.17) is 0 Å². The summed E-state index contributed by atoms with van der Waals surface area (Å²) < 4.78 is 0. The first-order valence-corrected chi connectivity index (χ1v) is 4.45. The van der Waals surface area contributed by atoms with Crippen molar-refractivity contribution in [1.29, 1.82) is 0 Å². The zero-order chi connectivity index (χ0) is 9.10. The topological polar surface area (TPSA) is 30.0 Å². The monoisotopic (exact) mass is 173 g/mol. The summed E-state index contributed by atoms with van der Waals surface area (Å²) in [5.74, 6) is 0.561. The molecule has 1 aliphatic carbocycles. The molecule has 2 nitrogen and oxygen atoms in total. The smallest absolute Gasteiger partial charge is 0.155 e. The van der Waals surface area contributed by atoms with E-state index < -0.39 is 0 Å². The highest BCUT2D eigenvalue weighted by atomic mass is 16.1. The highest BCUT2D eigenvalue weighted by Gasteiger charge is 2.16. The molecule has 13 heavy (non-hydrogen) atoms. The fraction of sp³-hybridized carbons (Fsp3) is 0.273. The van der Waals surface area contributed by atoms with Crippen LogP contribution in [0, 0.1) is 0 Å². The first kappa shape index (κ1) is 8.17. The van der Waals surface area contributed by atoms with E-state index in [-0.39, 0.29) is 5.78 Å². The molecular weight excluding hydrogens is 162 g/mol. The highest BCUT2D eigenvalue weighted by Crippen LogP contribution is 2.26. The number of hydrogen-bond acceptors (Lipinski definition) is 2. The number of hydrogen-bond donors (Lipinski definition) is 0. The summed E-state index contributed by atoms with van der Waals surface area (Å²) in [4.78, 5) is 15.2. The van der Waals surface area contributed by atoms with Crippen molar-refractivity contribution in [3.8, 4) is 0 Å². The molecule has 0 spiro atoms. The fourth-order valence-electron chi connectivity index (χ4n) is 1.63. The van der Waals surface area contributed by atoms with Gasteiger partial charge in [0.1, 0.15) is 0 Å². The van der Waals surface area contributed by atoms with Gasteiger partial charge >= 0.3 is 0 Å². The van der Waals surface area contributed by atoms with Crippen molar-refractivity contribution >= 4 is 5.78 Å². The predicted octanol–water partition coefficient (Wildman–Crippen LogP) is 2.08. The van der Waals surface area contributed by atoms with Crippen LogP contribution in [0.2, 0.25) is 0 Å². The molecule has 0 saturated heterocycles. The highest BCUT2D eigenvalue weighted by molar-refractivity contribution is 5.91. The number of ketones is 1. The Kier molecular flexibility index (Phi) is 2.21. The normalized spacial score (nSPS) is 21.8. The molecule has 0 radical (unpaired) electrons. The Labute approximate surface area is 77.3 Å². The molecule has 0 bridgehead atoms. The summed E-state index contributed by atoms with van der Waals surface area (Å²) in [7, 11) is 0. The number of nitrogens with zero attached hydrogens (tertiary/aromatic N) is 1. The minimum absolute atomic E-state index is 0.222. The lowest BCUT2D eigenvalue weighted by molar-refractivity contribution is -0.115. The lowest BCUT2D eigenvalue weighted by Gasteiger charge is -2.16. The van der Waals surface area contributed by atoms with Gasteiger partial charge in [0.05, 0.1) is 0 Å². The van der Waals surface area contributed by atoms with Gasteiger partial charge in [-0.3, -0.25) is 9.78 Å². The predicted molar refractivity (Wildman–Crippen MR) is 50.4 cm³/mol. The molecule has 2 heteroatoms. The van der Waals surface area contributed by atoms with Crippen LogP contribution < -0.4 is 0 Å². The zero-order valence-electron chi connectivity index (χ0n) is 7.31. The third kappa shape index (κ3) is 1.83. The molecule has 1 atom stereocenters. The van der Waals surface area contributed by atoms with Crippen LogP contribution in [0.4, 0.5) is 0 Å². The number of allylic oxidation sites excluding steroid dienone is 2. The van der Waals surface area contributed by atoms with Crippen molar-refractivity contribution < 1.29 is 4.79 Å². The number of aromatic nitrogens is 1. The maximum Gasteiger partial charge on any atom is 0.155 e. The molecule has 0 amide bonds. The SMILES string of the molecule is O=C1C=CCC(c2cccnc2)C1. The van der Waals surface area contributed by atoms with Crippen molar-refractivity contribution in [2.45, 2.75) is 18.8 Å². The Morgan fingerprint density at radius 3 is 3.08 bits per heavy atom. The quantitative estimate of drug-likeness (QED) is 0.650. The zero-order valence-corrected chi connectivity index (χ0v) is 7.31. The molecule has 0 fully saturated rings. The molecule has 1 aliphatic rings. The standard InChI is InChI=1S/C11H11NO/c13-11-5-1-3-9(7-11)10-4-2-6-12-8-10/h1-2,4-6,8-9H,3,7H2. The second kappa shape index (κ2) is 3.52. The second-order valence-electron chi connectivity index (χ2n) is 3.29. The van der Waals surface area contributed by atoms with Crippen molar-refractivity contribution in [2.24, 2.45) is 0 Å². The van der Waals surface area contributed by atoms with Crippen LogP contribution in [0.15, 0.2) is 36.7 Å². The Morgan fingerprint density at radius 1 is 1.46 bits per heavy atom. The van der Waals surface area contributed by atoms with Crippen molar-refractivity contribution in [3.63, 3.8) is 0 Å². The van der Waals surface area contributed by atoms with Gasteiger partial charge in [-0.2, -0.15) is 0 Å². The second-order valence-corrected chi connectivity index (χ2v) is 3.29. The Bertz CT molecular complexity index is 329. The fourth-order valence-corrected chi connectivity index (χ4v) is 1.63. The van der Waals surface area contributed by atoms with E-state index in [9.17, 15) is 4.79 Å². The molecule has 1 unspecified atom stereocenters. The molecular formula is C11H11NO. The van der Waals surface area contributed by atoms with E-state index >= 15 is 0 Å². The largest absolute Gasteiger partial charge is 0.295 e. The maximum absolute atomic E-state index is 11.1. The van der Waals surface area contributed by atoms with Crippen LogP contribution in [-0.4, -0.2) is 10.8 Å². The molecule has 2 rings (SSSR count). The average molecular weight is 173 g/mol. The van der Waals surface area contributed by atoms with Gasteiger partial charge < -0.3 is 0 Å². The first-order valence-electron chi connectivity index (χ1n) is 4.45. The molecule has 0 aromatic carbocycles. The van der Waals surface area contributed by atoms with Gasteiger partial charge in [0.15, 0.2) is 5.78 Å². The lowest BCUT2D eigenvalue weighted by Crippen LogP contribution is -2.08. The van der Waals surface area contributed by atoms with E-state index in [2.05, 4.69) is 4.98 Å². The van der Waals surface area contributed by atoms with E-state index in [1.165, 1.54) is 5.56 Å². The average Bonchev–Trinajstić information content (AvgIpc) is 2.19. The molecule has 0 N–H and O–H groups in total. The summed E-state index contributed by atoms with van der Waals surface area (Å²) >= 11 is 0. The van der Waals surface area contributed by atoms with Crippen LogP contribution in [0.25, 0.3) is 0 Å². The summed E-state index contributed by atoms with van der Waals surface area (Å²) in [6.45, 7) is 0. The molecule has 0 aliphatic heterocycles. The van der Waals surface area contributed by atoms with E-state index in [0.29, 0.717) is 12.3 Å². The van der Waals surface area contributed by atoms with E-state index in [1.54, 1.807) is 12.3 Å². The van der Waals surface area contributed by atoms with Gasteiger partial charge in [0, 0.05) is 18.8 Å². The number of rotatable bonds is 1. The summed E-state index contributed by atoms with van der Waals surface area (Å²) in [5, 5.41) is 0. The van der Waals surface area contributed by atoms with Gasteiger partial charge in [-0.1, -0.05) is 12.1 Å². The molecule has 1 heterocycles. The van der Waals surface area contributed by atoms with Crippen LogP contribution in [0.3, 0.4) is 0 Å².